The Hall–Kier alpha value is -3.18. The number of rotatable bonds is 4. The van der Waals surface area contributed by atoms with Crippen molar-refractivity contribution in [2.45, 2.75) is 12.6 Å². The Balaban J connectivity index is 1.86. The van der Waals surface area contributed by atoms with E-state index in [1.807, 2.05) is 53.9 Å². The van der Waals surface area contributed by atoms with Crippen molar-refractivity contribution in [3.05, 3.63) is 99.8 Å². The highest BCUT2D eigenvalue weighted by atomic mass is 32.1. The summed E-state index contributed by atoms with van der Waals surface area (Å²) in [5, 5.41) is 12.8. The first-order valence-electron chi connectivity index (χ1n) is 8.58. The fourth-order valence-corrected chi connectivity index (χ4v) is 4.05. The molecule has 0 saturated carbocycles. The maximum absolute atomic E-state index is 12.8. The number of carbonyl (C=O) groups is 2. The van der Waals surface area contributed by atoms with Crippen molar-refractivity contribution in [1.29, 1.82) is 0 Å². The summed E-state index contributed by atoms with van der Waals surface area (Å²) in [4.78, 5) is 28.2. The number of carbonyl (C=O) groups excluding carboxylic acids is 2. The topological polar surface area (TPSA) is 57.6 Å². The van der Waals surface area contributed by atoms with Gasteiger partial charge in [-0.05, 0) is 17.0 Å². The van der Waals surface area contributed by atoms with Crippen LogP contribution in [-0.4, -0.2) is 21.7 Å². The molecule has 0 aliphatic carbocycles. The third kappa shape index (κ3) is 3.17. The molecule has 0 spiro atoms. The quantitative estimate of drug-likeness (QED) is 0.418. The van der Waals surface area contributed by atoms with Gasteiger partial charge in [0.2, 0.25) is 0 Å². The van der Waals surface area contributed by atoms with Gasteiger partial charge in [0.1, 0.15) is 5.76 Å². The van der Waals surface area contributed by atoms with Crippen molar-refractivity contribution in [3.63, 3.8) is 0 Å². The van der Waals surface area contributed by atoms with E-state index in [-0.39, 0.29) is 11.3 Å². The Morgan fingerprint density at radius 1 is 0.926 bits per heavy atom. The maximum Gasteiger partial charge on any atom is 0.295 e. The van der Waals surface area contributed by atoms with Crippen molar-refractivity contribution >= 4 is 28.8 Å². The minimum atomic E-state index is -0.651. The zero-order valence-electron chi connectivity index (χ0n) is 14.4. The van der Waals surface area contributed by atoms with Crippen LogP contribution in [0.1, 0.15) is 22.0 Å². The van der Waals surface area contributed by atoms with Crippen LogP contribution in [0, 0.1) is 0 Å². The monoisotopic (exact) mass is 375 g/mol. The fraction of sp³-hybridized carbons (Fsp3) is 0.0909. The second-order valence-electron chi connectivity index (χ2n) is 6.28. The molecular formula is C22H17NO3S. The van der Waals surface area contributed by atoms with E-state index in [0.29, 0.717) is 12.1 Å². The Bertz CT molecular complexity index is 995. The van der Waals surface area contributed by atoms with E-state index in [9.17, 15) is 14.7 Å². The average Bonchev–Trinajstić information content (AvgIpc) is 3.31. The molecule has 27 heavy (non-hydrogen) atoms. The number of aliphatic hydroxyl groups excluding tert-OH is 1. The summed E-state index contributed by atoms with van der Waals surface area (Å²) in [6.45, 7) is 0.327. The van der Waals surface area contributed by atoms with Gasteiger partial charge in [-0.1, -0.05) is 66.7 Å². The fourth-order valence-electron chi connectivity index (χ4n) is 3.35. The minimum absolute atomic E-state index is 0.133. The lowest BCUT2D eigenvalue weighted by Gasteiger charge is -2.24. The molecule has 1 unspecified atom stereocenters. The average molecular weight is 375 g/mol. The highest BCUT2D eigenvalue weighted by Gasteiger charge is 2.46. The molecule has 1 N–H and O–H groups in total. The van der Waals surface area contributed by atoms with E-state index < -0.39 is 17.7 Å². The molecule has 1 atom stereocenters. The number of thiophene rings is 1. The number of hydrogen-bond acceptors (Lipinski definition) is 4. The molecule has 1 amide bonds. The van der Waals surface area contributed by atoms with Gasteiger partial charge in [-0.3, -0.25) is 9.59 Å². The second kappa shape index (κ2) is 7.21. The van der Waals surface area contributed by atoms with Crippen molar-refractivity contribution in [2.24, 2.45) is 0 Å². The van der Waals surface area contributed by atoms with E-state index in [0.717, 1.165) is 10.4 Å². The van der Waals surface area contributed by atoms with Crippen LogP contribution in [0.4, 0.5) is 0 Å². The molecule has 1 aromatic heterocycles. The molecule has 5 heteroatoms. The molecule has 3 aromatic rings. The van der Waals surface area contributed by atoms with Crippen LogP contribution in [0.15, 0.2) is 83.7 Å². The van der Waals surface area contributed by atoms with Crippen molar-refractivity contribution < 1.29 is 14.7 Å². The second-order valence-corrected chi connectivity index (χ2v) is 7.32. The van der Waals surface area contributed by atoms with Crippen molar-refractivity contribution in [3.8, 4) is 0 Å². The summed E-state index contributed by atoms with van der Waals surface area (Å²) in [6.07, 6.45) is 0. The van der Waals surface area contributed by atoms with E-state index >= 15 is 0 Å². The summed E-state index contributed by atoms with van der Waals surface area (Å²) in [7, 11) is 0. The highest BCUT2D eigenvalue weighted by molar-refractivity contribution is 7.09. The van der Waals surface area contributed by atoms with Crippen LogP contribution in [-0.2, 0) is 16.1 Å². The molecule has 1 fully saturated rings. The first kappa shape index (κ1) is 17.2. The predicted octanol–water partition coefficient (Wildman–Crippen LogP) is 4.37. The lowest BCUT2D eigenvalue weighted by molar-refractivity contribution is -0.140. The Kier molecular flexibility index (Phi) is 4.60. The first-order valence-corrected chi connectivity index (χ1v) is 9.46. The normalized spacial score (nSPS) is 18.8. The predicted molar refractivity (Wildman–Crippen MR) is 105 cm³/mol. The molecule has 4 rings (SSSR count). The molecule has 0 radical (unpaired) electrons. The summed E-state index contributed by atoms with van der Waals surface area (Å²) in [5.41, 5.74) is 1.45. The molecule has 1 aliphatic rings. The molecule has 1 saturated heterocycles. The smallest absolute Gasteiger partial charge is 0.295 e. The van der Waals surface area contributed by atoms with Gasteiger partial charge in [0, 0.05) is 10.4 Å². The molecule has 2 heterocycles. The van der Waals surface area contributed by atoms with Crippen molar-refractivity contribution in [2.75, 3.05) is 0 Å². The van der Waals surface area contributed by atoms with E-state index in [4.69, 9.17) is 0 Å². The molecule has 2 aromatic carbocycles. The molecule has 134 valence electrons. The number of hydrogen-bond donors (Lipinski definition) is 1. The SMILES string of the molecule is O=C1C(=O)N(Cc2cccs2)C(c2ccccc2)/C1=C(\O)c1ccccc1. The number of nitrogens with zero attached hydrogens (tertiary/aromatic N) is 1. The van der Waals surface area contributed by atoms with Crippen LogP contribution in [0.2, 0.25) is 0 Å². The van der Waals surface area contributed by atoms with Gasteiger partial charge in [-0.25, -0.2) is 0 Å². The van der Waals surface area contributed by atoms with Gasteiger partial charge in [-0.2, -0.15) is 0 Å². The van der Waals surface area contributed by atoms with Gasteiger partial charge in [-0.15, -0.1) is 11.3 Å². The summed E-state index contributed by atoms with van der Waals surface area (Å²) < 4.78 is 0. The van der Waals surface area contributed by atoms with Crippen LogP contribution in [0.25, 0.3) is 5.76 Å². The molecular weight excluding hydrogens is 358 g/mol. The number of aliphatic hydroxyl groups is 1. The molecule has 0 bridgehead atoms. The number of Topliss-reactive ketones (excluding diaryl/α,β-unsaturated/α-hetero) is 1. The van der Waals surface area contributed by atoms with Crippen LogP contribution < -0.4 is 0 Å². The Morgan fingerprint density at radius 2 is 1.59 bits per heavy atom. The van der Waals surface area contributed by atoms with Gasteiger partial charge in [0.05, 0.1) is 18.2 Å². The van der Waals surface area contributed by atoms with Crippen LogP contribution in [0.5, 0.6) is 0 Å². The number of ketones is 1. The highest BCUT2D eigenvalue weighted by Crippen LogP contribution is 2.40. The summed E-state index contributed by atoms with van der Waals surface area (Å²) >= 11 is 1.53. The van der Waals surface area contributed by atoms with Gasteiger partial charge < -0.3 is 10.0 Å². The van der Waals surface area contributed by atoms with Gasteiger partial charge in [0.25, 0.3) is 11.7 Å². The van der Waals surface area contributed by atoms with Crippen LogP contribution >= 0.6 is 11.3 Å². The van der Waals surface area contributed by atoms with Crippen LogP contribution in [0.3, 0.4) is 0 Å². The Labute approximate surface area is 161 Å². The number of benzene rings is 2. The first-order chi connectivity index (χ1) is 13.2. The summed E-state index contributed by atoms with van der Waals surface area (Å²) in [6, 6.07) is 21.4. The standard InChI is InChI=1S/C22H17NO3S/c24-20(16-10-5-2-6-11-16)18-19(15-8-3-1-4-9-15)23(22(26)21(18)25)14-17-12-7-13-27-17/h1-13,19,24H,14H2/b20-18+. The Morgan fingerprint density at radius 3 is 2.22 bits per heavy atom. The molecule has 4 nitrogen and oxygen atoms in total. The lowest BCUT2D eigenvalue weighted by Crippen LogP contribution is -2.28. The number of likely N-dealkylation sites (tertiary alicyclic amines) is 1. The third-order valence-electron chi connectivity index (χ3n) is 4.61. The number of amides is 1. The third-order valence-corrected chi connectivity index (χ3v) is 5.47. The van der Waals surface area contributed by atoms with E-state index in [2.05, 4.69) is 0 Å². The van der Waals surface area contributed by atoms with E-state index in [1.165, 1.54) is 16.2 Å². The maximum atomic E-state index is 12.8. The van der Waals surface area contributed by atoms with Gasteiger partial charge in [0.15, 0.2) is 0 Å². The van der Waals surface area contributed by atoms with E-state index in [1.54, 1.807) is 24.3 Å². The largest absolute Gasteiger partial charge is 0.507 e. The minimum Gasteiger partial charge on any atom is -0.507 e. The van der Waals surface area contributed by atoms with Crippen molar-refractivity contribution in [1.82, 2.24) is 4.90 Å². The summed E-state index contributed by atoms with van der Waals surface area (Å²) in [5.74, 6) is -1.38. The van der Waals surface area contributed by atoms with Gasteiger partial charge >= 0.3 is 0 Å². The molecule has 1 aliphatic heterocycles. The zero-order valence-corrected chi connectivity index (χ0v) is 15.2. The zero-order chi connectivity index (χ0) is 18.8. The lowest BCUT2D eigenvalue weighted by atomic mass is 9.95.